The summed E-state index contributed by atoms with van der Waals surface area (Å²) in [4.78, 5) is 4.82. The van der Waals surface area contributed by atoms with Crippen LogP contribution in [0.3, 0.4) is 0 Å². The summed E-state index contributed by atoms with van der Waals surface area (Å²) >= 11 is 0. The molecule has 0 aliphatic rings. The molecule has 0 amide bonds. The third-order valence-electron chi connectivity index (χ3n) is 9.26. The average molecular weight is 633 g/mol. The zero-order chi connectivity index (χ0) is 33.7. The van der Waals surface area contributed by atoms with E-state index in [0.717, 1.165) is 45.0 Å². The van der Waals surface area contributed by atoms with Crippen molar-refractivity contribution in [1.82, 2.24) is 19.3 Å². The Morgan fingerprint density at radius 1 is 0.708 bits per heavy atom. The number of hydrogen-bond acceptors (Lipinski definition) is 3. The van der Waals surface area contributed by atoms with Crippen molar-refractivity contribution >= 4 is 21.8 Å². The van der Waals surface area contributed by atoms with Gasteiger partial charge in [0.25, 0.3) is 0 Å². The first-order chi connectivity index (χ1) is 23.0. The largest absolute Gasteiger partial charge is 0.457 e. The van der Waals surface area contributed by atoms with E-state index in [-0.39, 0.29) is 5.41 Å². The number of pyridine rings is 1. The maximum atomic E-state index is 6.54. The molecule has 5 nitrogen and oxygen atoms in total. The monoisotopic (exact) mass is 632 g/mol. The number of nitrogens with zero attached hydrogens (tertiary/aromatic N) is 4. The zero-order valence-corrected chi connectivity index (χ0v) is 29.2. The third kappa shape index (κ3) is 5.79. The van der Waals surface area contributed by atoms with Gasteiger partial charge in [-0.1, -0.05) is 90.4 Å². The fourth-order valence-electron chi connectivity index (χ4n) is 6.77. The number of benzene rings is 4. The van der Waals surface area contributed by atoms with E-state index < -0.39 is 0 Å². The predicted octanol–water partition coefficient (Wildman–Crippen LogP) is 11.7. The van der Waals surface area contributed by atoms with Crippen molar-refractivity contribution in [2.45, 2.75) is 72.6 Å². The number of hydrogen-bond donors (Lipinski definition) is 0. The summed E-state index contributed by atoms with van der Waals surface area (Å²) in [5.74, 6) is 3.23. The number of rotatable bonds is 7. The SMILES string of the molecule is Cc1cc(C(C)C)c(-c2cnn(-c3cccc(Oc4ccc5c6ccccc6n(-c6cc(C(C)(C)C)ccn6)c5c4)c3)c2)c(C(C)C)c1. The summed E-state index contributed by atoms with van der Waals surface area (Å²) in [5.41, 5.74) is 10.8. The Bertz CT molecular complexity index is 2250. The number of fused-ring (bicyclic) bond motifs is 3. The molecule has 48 heavy (non-hydrogen) atoms. The first-order valence-corrected chi connectivity index (χ1v) is 17.0. The molecule has 0 bridgehead atoms. The van der Waals surface area contributed by atoms with Crippen molar-refractivity contribution in [3.8, 4) is 34.1 Å². The van der Waals surface area contributed by atoms with Gasteiger partial charge >= 0.3 is 0 Å². The summed E-state index contributed by atoms with van der Waals surface area (Å²) in [6, 6.07) is 31.9. The van der Waals surface area contributed by atoms with Crippen LogP contribution in [-0.4, -0.2) is 19.3 Å². The lowest BCUT2D eigenvalue weighted by Gasteiger charge is -2.20. The lowest BCUT2D eigenvalue weighted by atomic mass is 9.84. The molecule has 3 aromatic heterocycles. The summed E-state index contributed by atoms with van der Waals surface area (Å²) in [7, 11) is 0. The summed E-state index contributed by atoms with van der Waals surface area (Å²) in [6.45, 7) is 18.0. The molecule has 5 heteroatoms. The molecular weight excluding hydrogens is 589 g/mol. The van der Waals surface area contributed by atoms with E-state index in [2.05, 4.69) is 139 Å². The molecule has 0 fully saturated rings. The van der Waals surface area contributed by atoms with E-state index in [9.17, 15) is 0 Å². The highest BCUT2D eigenvalue weighted by Gasteiger charge is 2.20. The van der Waals surface area contributed by atoms with Crippen molar-refractivity contribution in [2.24, 2.45) is 0 Å². The van der Waals surface area contributed by atoms with Crippen molar-refractivity contribution in [3.63, 3.8) is 0 Å². The Morgan fingerprint density at radius 3 is 2.15 bits per heavy atom. The molecule has 3 heterocycles. The Hall–Kier alpha value is -5.16. The maximum Gasteiger partial charge on any atom is 0.137 e. The van der Waals surface area contributed by atoms with Crippen LogP contribution in [0.1, 0.15) is 82.6 Å². The first-order valence-electron chi connectivity index (χ1n) is 17.0. The third-order valence-corrected chi connectivity index (χ3v) is 9.26. The van der Waals surface area contributed by atoms with E-state index in [4.69, 9.17) is 14.8 Å². The van der Waals surface area contributed by atoms with E-state index >= 15 is 0 Å². The highest BCUT2D eigenvalue weighted by molar-refractivity contribution is 6.09. The van der Waals surface area contributed by atoms with Gasteiger partial charge in [-0.15, -0.1) is 0 Å². The molecule has 242 valence electrons. The van der Waals surface area contributed by atoms with Gasteiger partial charge < -0.3 is 4.74 Å². The molecular formula is C43H44N4O. The number of ether oxygens (including phenoxy) is 1. The van der Waals surface area contributed by atoms with E-state index in [1.54, 1.807) is 0 Å². The van der Waals surface area contributed by atoms with Gasteiger partial charge in [-0.3, -0.25) is 4.57 Å². The van der Waals surface area contributed by atoms with E-state index in [0.29, 0.717) is 11.8 Å². The molecule has 0 aliphatic heterocycles. The molecule has 7 rings (SSSR count). The number of aromatic nitrogens is 4. The minimum absolute atomic E-state index is 0.0125. The van der Waals surface area contributed by atoms with Gasteiger partial charge in [0.15, 0.2) is 0 Å². The maximum absolute atomic E-state index is 6.54. The van der Waals surface area contributed by atoms with Crippen LogP contribution in [0.2, 0.25) is 0 Å². The average Bonchev–Trinajstić information content (AvgIpc) is 3.67. The normalized spacial score (nSPS) is 12.1. The van der Waals surface area contributed by atoms with Crippen molar-refractivity contribution in [2.75, 3.05) is 0 Å². The highest BCUT2D eigenvalue weighted by atomic mass is 16.5. The first kappa shape index (κ1) is 31.4. The van der Waals surface area contributed by atoms with Crippen LogP contribution in [0, 0.1) is 6.92 Å². The minimum Gasteiger partial charge on any atom is -0.457 e. The van der Waals surface area contributed by atoms with Gasteiger partial charge in [-0.2, -0.15) is 5.10 Å². The standard InChI is InChI=1S/C43H44N4O/c1-27(2)37-20-29(5)21-38(28(3)4)42(37)30-25-45-46(26-30)32-12-11-13-33(23-32)48-34-16-17-36-35-14-9-10-15-39(35)47(40(36)24-34)41-22-31(18-19-44-41)43(6,7)8/h9-28H,1-8H3. The molecule has 0 unspecified atom stereocenters. The Kier molecular flexibility index (Phi) is 7.95. The Labute approximate surface area is 283 Å². The van der Waals surface area contributed by atoms with Crippen LogP contribution < -0.4 is 4.74 Å². The van der Waals surface area contributed by atoms with Crippen LogP contribution in [0.25, 0.3) is 44.4 Å². The molecule has 0 saturated heterocycles. The smallest absolute Gasteiger partial charge is 0.137 e. The lowest BCUT2D eigenvalue weighted by molar-refractivity contribution is 0.483. The molecule has 4 aromatic carbocycles. The molecule has 0 aliphatic carbocycles. The van der Waals surface area contributed by atoms with Crippen LogP contribution in [-0.2, 0) is 5.41 Å². The molecule has 0 saturated carbocycles. The van der Waals surface area contributed by atoms with Gasteiger partial charge in [0.2, 0.25) is 0 Å². The second-order valence-electron chi connectivity index (χ2n) is 14.6. The van der Waals surface area contributed by atoms with Crippen LogP contribution in [0.4, 0.5) is 0 Å². The minimum atomic E-state index is 0.0125. The summed E-state index contributed by atoms with van der Waals surface area (Å²) in [5, 5.41) is 7.17. The van der Waals surface area contributed by atoms with E-state index in [1.807, 2.05) is 35.3 Å². The molecule has 7 aromatic rings. The van der Waals surface area contributed by atoms with Crippen LogP contribution in [0.5, 0.6) is 11.5 Å². The lowest BCUT2D eigenvalue weighted by Crippen LogP contribution is -2.12. The van der Waals surface area contributed by atoms with Crippen LogP contribution >= 0.6 is 0 Å². The highest BCUT2D eigenvalue weighted by Crippen LogP contribution is 2.38. The van der Waals surface area contributed by atoms with E-state index in [1.165, 1.54) is 33.2 Å². The van der Waals surface area contributed by atoms with Crippen LogP contribution in [0.15, 0.2) is 110 Å². The number of aryl methyl sites for hydroxylation is 1. The topological polar surface area (TPSA) is 44.9 Å². The quantitative estimate of drug-likeness (QED) is 0.176. The van der Waals surface area contributed by atoms with Gasteiger partial charge in [-0.25, -0.2) is 9.67 Å². The summed E-state index contributed by atoms with van der Waals surface area (Å²) < 4.78 is 10.7. The molecule has 0 N–H and O–H groups in total. The summed E-state index contributed by atoms with van der Waals surface area (Å²) in [6.07, 6.45) is 6.05. The predicted molar refractivity (Wildman–Crippen MR) is 199 cm³/mol. The van der Waals surface area contributed by atoms with Gasteiger partial charge in [-0.05, 0) is 88.9 Å². The second kappa shape index (κ2) is 12.1. The Balaban J connectivity index is 1.26. The van der Waals surface area contributed by atoms with Crippen molar-refractivity contribution in [1.29, 1.82) is 0 Å². The number of para-hydroxylation sites is 1. The molecule has 0 radical (unpaired) electrons. The zero-order valence-electron chi connectivity index (χ0n) is 29.2. The van der Waals surface area contributed by atoms with Gasteiger partial charge in [0.05, 0.1) is 22.9 Å². The fourth-order valence-corrected chi connectivity index (χ4v) is 6.77. The molecule has 0 spiro atoms. The van der Waals surface area contributed by atoms with Crippen molar-refractivity contribution in [3.05, 3.63) is 132 Å². The van der Waals surface area contributed by atoms with Gasteiger partial charge in [0.1, 0.15) is 17.3 Å². The molecule has 0 atom stereocenters. The van der Waals surface area contributed by atoms with Gasteiger partial charge in [0, 0.05) is 40.9 Å². The fraction of sp³-hybridized carbons (Fsp3) is 0.256. The Morgan fingerprint density at radius 2 is 1.42 bits per heavy atom. The second-order valence-corrected chi connectivity index (χ2v) is 14.6. The van der Waals surface area contributed by atoms with Crippen molar-refractivity contribution < 1.29 is 4.74 Å².